The van der Waals surface area contributed by atoms with E-state index >= 15 is 0 Å². The number of carbonyl (C=O) groups excluding carboxylic acids is 1. The van der Waals surface area contributed by atoms with Gasteiger partial charge in [0.2, 0.25) is 0 Å². The van der Waals surface area contributed by atoms with Gasteiger partial charge in [0.1, 0.15) is 5.69 Å². The smallest absolute Gasteiger partial charge is 0.273 e. The standard InChI is InChI=1S/C18H27N3O2S/c1-23-11-15-4-5-18(21(15)10-14-2-3-14)6-8-20(9-7-18)17(22)16-12-24-13-19-16/h12-15H,2-11H2,1H3. The molecule has 2 aliphatic heterocycles. The second-order valence-corrected chi connectivity index (χ2v) is 8.35. The van der Waals surface area contributed by atoms with Gasteiger partial charge < -0.3 is 9.64 Å². The summed E-state index contributed by atoms with van der Waals surface area (Å²) in [7, 11) is 1.81. The molecule has 5 nitrogen and oxygen atoms in total. The summed E-state index contributed by atoms with van der Waals surface area (Å²) in [5.41, 5.74) is 2.64. The van der Waals surface area contributed by atoms with E-state index in [4.69, 9.17) is 4.74 Å². The molecule has 1 amide bonds. The first-order chi connectivity index (χ1) is 11.7. The minimum atomic E-state index is 0.103. The van der Waals surface area contributed by atoms with Crippen molar-refractivity contribution in [3.8, 4) is 0 Å². The van der Waals surface area contributed by atoms with E-state index in [2.05, 4.69) is 9.88 Å². The molecule has 1 aliphatic carbocycles. The van der Waals surface area contributed by atoms with E-state index in [0.29, 0.717) is 17.3 Å². The van der Waals surface area contributed by atoms with E-state index < -0.39 is 0 Å². The number of piperidine rings is 1. The lowest BCUT2D eigenvalue weighted by atomic mass is 9.84. The summed E-state index contributed by atoms with van der Waals surface area (Å²) in [6.07, 6.45) is 7.46. The topological polar surface area (TPSA) is 45.7 Å². The third-order valence-corrected chi connectivity index (χ3v) is 6.72. The Morgan fingerprint density at radius 2 is 2.12 bits per heavy atom. The molecule has 3 aliphatic rings. The van der Waals surface area contributed by atoms with Gasteiger partial charge in [-0.2, -0.15) is 0 Å². The summed E-state index contributed by atoms with van der Waals surface area (Å²) < 4.78 is 5.49. The zero-order valence-corrected chi connectivity index (χ0v) is 15.3. The summed E-state index contributed by atoms with van der Waals surface area (Å²) in [5, 5.41) is 1.86. The van der Waals surface area contributed by atoms with Crippen LogP contribution in [-0.2, 0) is 4.74 Å². The van der Waals surface area contributed by atoms with Crippen LogP contribution in [0.2, 0.25) is 0 Å². The molecule has 1 spiro atoms. The molecule has 2 saturated heterocycles. The number of aromatic nitrogens is 1. The van der Waals surface area contributed by atoms with Crippen molar-refractivity contribution in [3.05, 3.63) is 16.6 Å². The molecule has 1 atom stereocenters. The SMILES string of the molecule is COCC1CCC2(CCN(C(=O)c3cscn3)CC2)N1CC1CC1. The Kier molecular flexibility index (Phi) is 4.62. The first-order valence-electron chi connectivity index (χ1n) is 9.15. The lowest BCUT2D eigenvalue weighted by Gasteiger charge is -2.46. The highest BCUT2D eigenvalue weighted by molar-refractivity contribution is 7.07. The number of methoxy groups -OCH3 is 1. The Hall–Kier alpha value is -0.980. The first kappa shape index (κ1) is 16.5. The Balaban J connectivity index is 1.43. The fourth-order valence-corrected chi connectivity index (χ4v) is 5.08. The van der Waals surface area contributed by atoms with Crippen molar-refractivity contribution in [2.24, 2.45) is 5.92 Å². The summed E-state index contributed by atoms with van der Waals surface area (Å²) in [4.78, 5) is 21.5. The summed E-state index contributed by atoms with van der Waals surface area (Å²) in [5.74, 6) is 1.00. The highest BCUT2D eigenvalue weighted by atomic mass is 32.1. The summed E-state index contributed by atoms with van der Waals surface area (Å²) in [6, 6.07) is 0.566. The third kappa shape index (κ3) is 3.11. The highest BCUT2D eigenvalue weighted by Gasteiger charge is 2.49. The minimum Gasteiger partial charge on any atom is -0.383 e. The van der Waals surface area contributed by atoms with E-state index in [-0.39, 0.29) is 5.91 Å². The maximum absolute atomic E-state index is 12.5. The van der Waals surface area contributed by atoms with Crippen molar-refractivity contribution in [3.63, 3.8) is 0 Å². The number of carbonyl (C=O) groups is 1. The van der Waals surface area contributed by atoms with Crippen LogP contribution >= 0.6 is 11.3 Å². The molecule has 3 heterocycles. The van der Waals surface area contributed by atoms with Crippen LogP contribution in [0.25, 0.3) is 0 Å². The van der Waals surface area contributed by atoms with Crippen LogP contribution in [0, 0.1) is 5.92 Å². The van der Waals surface area contributed by atoms with E-state index in [0.717, 1.165) is 38.5 Å². The second kappa shape index (κ2) is 6.73. The van der Waals surface area contributed by atoms with Gasteiger partial charge in [0, 0.05) is 43.7 Å². The van der Waals surface area contributed by atoms with E-state index in [1.807, 2.05) is 17.4 Å². The summed E-state index contributed by atoms with van der Waals surface area (Å²) >= 11 is 1.49. The first-order valence-corrected chi connectivity index (χ1v) is 10.1. The molecule has 1 aromatic heterocycles. The Morgan fingerprint density at radius 3 is 2.75 bits per heavy atom. The van der Waals surface area contributed by atoms with Gasteiger partial charge in [-0.1, -0.05) is 0 Å². The predicted octanol–water partition coefficient (Wildman–Crippen LogP) is 2.64. The molecule has 0 bridgehead atoms. The van der Waals surface area contributed by atoms with Gasteiger partial charge in [-0.05, 0) is 44.4 Å². The van der Waals surface area contributed by atoms with Crippen LogP contribution in [-0.4, -0.2) is 65.6 Å². The van der Waals surface area contributed by atoms with Crippen molar-refractivity contribution in [2.75, 3.05) is 33.4 Å². The molecule has 132 valence electrons. The van der Waals surface area contributed by atoms with Gasteiger partial charge in [0.05, 0.1) is 12.1 Å². The number of rotatable bonds is 5. The number of thiazole rings is 1. The summed E-state index contributed by atoms with van der Waals surface area (Å²) in [6.45, 7) is 3.79. The predicted molar refractivity (Wildman–Crippen MR) is 94.3 cm³/mol. The van der Waals surface area contributed by atoms with Gasteiger partial charge in [-0.25, -0.2) is 4.98 Å². The quantitative estimate of drug-likeness (QED) is 0.820. The molecule has 24 heavy (non-hydrogen) atoms. The van der Waals surface area contributed by atoms with Crippen LogP contribution in [0.15, 0.2) is 10.9 Å². The minimum absolute atomic E-state index is 0.103. The van der Waals surface area contributed by atoms with E-state index in [1.54, 1.807) is 5.51 Å². The largest absolute Gasteiger partial charge is 0.383 e. The fourth-order valence-electron chi connectivity index (χ4n) is 4.55. The molecule has 1 saturated carbocycles. The van der Waals surface area contributed by atoms with Gasteiger partial charge in [-0.3, -0.25) is 9.69 Å². The average molecular weight is 350 g/mol. The zero-order valence-electron chi connectivity index (χ0n) is 14.4. The number of hydrogen-bond donors (Lipinski definition) is 0. The molecule has 6 heteroatoms. The maximum atomic E-state index is 12.5. The van der Waals surface area contributed by atoms with Crippen molar-refractivity contribution in [1.82, 2.24) is 14.8 Å². The van der Waals surface area contributed by atoms with Gasteiger partial charge in [-0.15, -0.1) is 11.3 Å². The molecule has 1 unspecified atom stereocenters. The molecule has 0 radical (unpaired) electrons. The Bertz CT molecular complexity index is 565. The molecular formula is C18H27N3O2S. The van der Waals surface area contributed by atoms with Crippen LogP contribution < -0.4 is 0 Å². The average Bonchev–Trinajstić information content (AvgIpc) is 3.14. The van der Waals surface area contributed by atoms with E-state index in [9.17, 15) is 4.79 Å². The van der Waals surface area contributed by atoms with Crippen LogP contribution in [0.5, 0.6) is 0 Å². The Labute approximate surface area is 148 Å². The fraction of sp³-hybridized carbons (Fsp3) is 0.778. The number of hydrogen-bond acceptors (Lipinski definition) is 5. The van der Waals surface area contributed by atoms with Crippen molar-refractivity contribution < 1.29 is 9.53 Å². The van der Waals surface area contributed by atoms with Gasteiger partial charge in [0.25, 0.3) is 5.91 Å². The van der Waals surface area contributed by atoms with Crippen LogP contribution in [0.1, 0.15) is 49.0 Å². The maximum Gasteiger partial charge on any atom is 0.273 e. The number of amides is 1. The third-order valence-electron chi connectivity index (χ3n) is 6.14. The molecule has 0 aromatic carbocycles. The molecule has 1 aromatic rings. The zero-order chi connectivity index (χ0) is 16.6. The molecule has 0 N–H and O–H groups in total. The lowest BCUT2D eigenvalue weighted by Crippen LogP contribution is -2.56. The Morgan fingerprint density at radius 1 is 1.33 bits per heavy atom. The number of ether oxygens (including phenoxy) is 1. The highest BCUT2D eigenvalue weighted by Crippen LogP contribution is 2.44. The van der Waals surface area contributed by atoms with Gasteiger partial charge in [0.15, 0.2) is 0 Å². The lowest BCUT2D eigenvalue weighted by molar-refractivity contribution is 0.00899. The van der Waals surface area contributed by atoms with Crippen molar-refractivity contribution in [2.45, 2.75) is 50.1 Å². The second-order valence-electron chi connectivity index (χ2n) is 7.63. The van der Waals surface area contributed by atoms with Gasteiger partial charge >= 0.3 is 0 Å². The van der Waals surface area contributed by atoms with Crippen LogP contribution in [0.3, 0.4) is 0 Å². The molecule has 3 fully saturated rings. The van der Waals surface area contributed by atoms with E-state index in [1.165, 1.54) is 43.6 Å². The molecule has 4 rings (SSSR count). The normalized spacial score (nSPS) is 27.0. The van der Waals surface area contributed by atoms with Crippen molar-refractivity contribution in [1.29, 1.82) is 0 Å². The van der Waals surface area contributed by atoms with Crippen LogP contribution in [0.4, 0.5) is 0 Å². The van der Waals surface area contributed by atoms with Crippen molar-refractivity contribution >= 4 is 17.2 Å². The number of nitrogens with zero attached hydrogens (tertiary/aromatic N) is 3. The molecular weight excluding hydrogens is 322 g/mol. The monoisotopic (exact) mass is 349 g/mol. The number of likely N-dealkylation sites (tertiary alicyclic amines) is 2.